The number of aryl methyl sites for hydroxylation is 1. The number of nitrogens with zero attached hydrogens (tertiary/aromatic N) is 1. The molecule has 2 aromatic carbocycles. The molecule has 0 radical (unpaired) electrons. The highest BCUT2D eigenvalue weighted by atomic mass is 16.1. The summed E-state index contributed by atoms with van der Waals surface area (Å²) in [6.45, 7) is 8.55. The molecule has 0 spiro atoms. The topological polar surface area (TPSA) is 42.0 Å². The summed E-state index contributed by atoms with van der Waals surface area (Å²) in [5, 5.41) is 3.16. The highest BCUT2D eigenvalue weighted by molar-refractivity contribution is 5.94. The number of amides is 1. The van der Waals surface area contributed by atoms with Crippen molar-refractivity contribution in [3.05, 3.63) is 101 Å². The summed E-state index contributed by atoms with van der Waals surface area (Å²) in [6.07, 6.45) is 3.54. The molecule has 1 amide bonds. The van der Waals surface area contributed by atoms with Crippen LogP contribution in [0.3, 0.4) is 0 Å². The Morgan fingerprint density at radius 3 is 2.15 bits per heavy atom. The Kier molecular flexibility index (Phi) is 5.41. The minimum absolute atomic E-state index is 0.0646. The summed E-state index contributed by atoms with van der Waals surface area (Å²) < 4.78 is 0. The Hall–Kier alpha value is -2.94. The van der Waals surface area contributed by atoms with Crippen LogP contribution in [0.5, 0.6) is 0 Å². The third kappa shape index (κ3) is 4.62. The monoisotopic (exact) mass is 358 g/mol. The fourth-order valence-corrected chi connectivity index (χ4v) is 3.00. The van der Waals surface area contributed by atoms with E-state index in [0.29, 0.717) is 5.56 Å². The van der Waals surface area contributed by atoms with Crippen molar-refractivity contribution in [2.75, 3.05) is 0 Å². The number of rotatable bonds is 4. The molecule has 0 fully saturated rings. The zero-order chi connectivity index (χ0) is 19.4. The van der Waals surface area contributed by atoms with E-state index in [1.165, 1.54) is 11.1 Å². The van der Waals surface area contributed by atoms with Gasteiger partial charge < -0.3 is 5.32 Å². The number of nitrogens with one attached hydrogen (secondary N) is 1. The molecule has 3 heteroatoms. The summed E-state index contributed by atoms with van der Waals surface area (Å²) in [5.41, 5.74) is 5.11. The maximum Gasteiger partial charge on any atom is 0.252 e. The van der Waals surface area contributed by atoms with Gasteiger partial charge in [0, 0.05) is 18.0 Å². The molecule has 1 aromatic heterocycles. The number of benzene rings is 2. The Labute approximate surface area is 161 Å². The standard InChI is InChI=1S/C24H26N2O/c1-17-7-9-18(10-8-17)22(20-6-5-15-25-16-20)26-23(27)19-11-13-21(14-12-19)24(2,3)4/h5-16,22H,1-4H3,(H,26,27). The summed E-state index contributed by atoms with van der Waals surface area (Å²) in [7, 11) is 0. The Bertz CT molecular complexity index is 892. The van der Waals surface area contributed by atoms with Crippen LogP contribution in [0.15, 0.2) is 73.1 Å². The van der Waals surface area contributed by atoms with Crippen LogP contribution in [0.4, 0.5) is 0 Å². The molecule has 0 bridgehead atoms. The van der Waals surface area contributed by atoms with Gasteiger partial charge in [-0.25, -0.2) is 0 Å². The van der Waals surface area contributed by atoms with Crippen LogP contribution in [0.25, 0.3) is 0 Å². The highest BCUT2D eigenvalue weighted by Gasteiger charge is 2.19. The molecular formula is C24H26N2O. The van der Waals surface area contributed by atoms with Gasteiger partial charge in [0.1, 0.15) is 0 Å². The molecule has 3 rings (SSSR count). The van der Waals surface area contributed by atoms with Gasteiger partial charge in [0.05, 0.1) is 6.04 Å². The highest BCUT2D eigenvalue weighted by Crippen LogP contribution is 2.24. The van der Waals surface area contributed by atoms with E-state index in [9.17, 15) is 4.79 Å². The van der Waals surface area contributed by atoms with E-state index in [0.717, 1.165) is 11.1 Å². The molecule has 3 aromatic rings. The normalized spacial score (nSPS) is 12.4. The lowest BCUT2D eigenvalue weighted by Crippen LogP contribution is -2.29. The van der Waals surface area contributed by atoms with Crippen molar-refractivity contribution in [1.29, 1.82) is 0 Å². The molecule has 138 valence electrons. The smallest absolute Gasteiger partial charge is 0.252 e. The first-order chi connectivity index (χ1) is 12.8. The van der Waals surface area contributed by atoms with Gasteiger partial charge in [-0.3, -0.25) is 9.78 Å². The van der Waals surface area contributed by atoms with Crippen LogP contribution in [-0.4, -0.2) is 10.9 Å². The Balaban J connectivity index is 1.88. The molecule has 3 nitrogen and oxygen atoms in total. The molecule has 1 atom stereocenters. The predicted molar refractivity (Wildman–Crippen MR) is 110 cm³/mol. The van der Waals surface area contributed by atoms with Crippen molar-refractivity contribution in [1.82, 2.24) is 10.3 Å². The van der Waals surface area contributed by atoms with Gasteiger partial charge >= 0.3 is 0 Å². The van der Waals surface area contributed by atoms with E-state index in [4.69, 9.17) is 0 Å². The molecule has 0 aliphatic heterocycles. The largest absolute Gasteiger partial charge is 0.341 e. The minimum atomic E-state index is -0.242. The van der Waals surface area contributed by atoms with E-state index >= 15 is 0 Å². The van der Waals surface area contributed by atoms with Crippen LogP contribution in [-0.2, 0) is 5.41 Å². The number of hydrogen-bond acceptors (Lipinski definition) is 2. The van der Waals surface area contributed by atoms with Crippen molar-refractivity contribution >= 4 is 5.91 Å². The molecule has 27 heavy (non-hydrogen) atoms. The molecule has 0 aliphatic rings. The van der Waals surface area contributed by atoms with Crippen LogP contribution < -0.4 is 5.32 Å². The number of hydrogen-bond donors (Lipinski definition) is 1. The van der Waals surface area contributed by atoms with E-state index in [1.54, 1.807) is 12.4 Å². The second-order valence-electron chi connectivity index (χ2n) is 7.93. The van der Waals surface area contributed by atoms with Crippen molar-refractivity contribution in [2.45, 2.75) is 39.2 Å². The maximum absolute atomic E-state index is 12.9. The Morgan fingerprint density at radius 1 is 0.926 bits per heavy atom. The first kappa shape index (κ1) is 18.8. The lowest BCUT2D eigenvalue weighted by Gasteiger charge is -2.21. The van der Waals surface area contributed by atoms with Gasteiger partial charge in [-0.05, 0) is 47.2 Å². The number of pyridine rings is 1. The number of aromatic nitrogens is 1. The molecule has 0 saturated carbocycles. The lowest BCUT2D eigenvalue weighted by atomic mass is 9.86. The second kappa shape index (κ2) is 7.75. The van der Waals surface area contributed by atoms with E-state index < -0.39 is 0 Å². The first-order valence-electron chi connectivity index (χ1n) is 9.22. The van der Waals surface area contributed by atoms with Crippen molar-refractivity contribution < 1.29 is 4.79 Å². The number of carbonyl (C=O) groups excluding carboxylic acids is 1. The van der Waals surface area contributed by atoms with Crippen LogP contribution >= 0.6 is 0 Å². The minimum Gasteiger partial charge on any atom is -0.341 e. The van der Waals surface area contributed by atoms with Gasteiger partial charge in [-0.15, -0.1) is 0 Å². The average molecular weight is 358 g/mol. The van der Waals surface area contributed by atoms with Gasteiger partial charge in [-0.2, -0.15) is 0 Å². The fraction of sp³-hybridized carbons (Fsp3) is 0.250. The molecular weight excluding hydrogens is 332 g/mol. The fourth-order valence-electron chi connectivity index (χ4n) is 3.00. The molecule has 1 unspecified atom stereocenters. The average Bonchev–Trinajstić information content (AvgIpc) is 2.67. The van der Waals surface area contributed by atoms with Crippen molar-refractivity contribution in [3.8, 4) is 0 Å². The lowest BCUT2D eigenvalue weighted by molar-refractivity contribution is 0.0943. The summed E-state index contributed by atoms with van der Waals surface area (Å²) in [5.74, 6) is -0.0927. The van der Waals surface area contributed by atoms with Crippen LogP contribution in [0.2, 0.25) is 0 Å². The molecule has 0 aliphatic carbocycles. The SMILES string of the molecule is Cc1ccc(C(NC(=O)c2ccc(C(C)(C)C)cc2)c2cccnc2)cc1. The quantitative estimate of drug-likeness (QED) is 0.696. The molecule has 0 saturated heterocycles. The summed E-state index contributed by atoms with van der Waals surface area (Å²) in [4.78, 5) is 17.1. The molecule has 1 heterocycles. The van der Waals surface area contributed by atoms with Gasteiger partial charge in [-0.1, -0.05) is 68.8 Å². The maximum atomic E-state index is 12.9. The third-order valence-corrected chi connectivity index (χ3v) is 4.72. The van der Waals surface area contributed by atoms with Gasteiger partial charge in [0.15, 0.2) is 0 Å². The third-order valence-electron chi connectivity index (χ3n) is 4.72. The van der Waals surface area contributed by atoms with Crippen LogP contribution in [0.1, 0.15) is 59.4 Å². The summed E-state index contributed by atoms with van der Waals surface area (Å²) in [6, 6.07) is 19.7. The van der Waals surface area contributed by atoms with Crippen LogP contribution in [0, 0.1) is 6.92 Å². The second-order valence-corrected chi connectivity index (χ2v) is 7.93. The van der Waals surface area contributed by atoms with E-state index in [2.05, 4.69) is 62.3 Å². The summed E-state index contributed by atoms with van der Waals surface area (Å²) >= 11 is 0. The molecule has 1 N–H and O–H groups in total. The van der Waals surface area contributed by atoms with E-state index in [-0.39, 0.29) is 17.4 Å². The predicted octanol–water partition coefficient (Wildman–Crippen LogP) is 5.21. The Morgan fingerprint density at radius 2 is 1.59 bits per heavy atom. The first-order valence-corrected chi connectivity index (χ1v) is 9.22. The van der Waals surface area contributed by atoms with E-state index in [1.807, 2.05) is 36.4 Å². The zero-order valence-corrected chi connectivity index (χ0v) is 16.4. The van der Waals surface area contributed by atoms with Crippen molar-refractivity contribution in [2.24, 2.45) is 0 Å². The number of carbonyl (C=O) groups is 1. The zero-order valence-electron chi connectivity index (χ0n) is 16.4. The van der Waals surface area contributed by atoms with Gasteiger partial charge in [0.25, 0.3) is 5.91 Å². The van der Waals surface area contributed by atoms with Crippen molar-refractivity contribution in [3.63, 3.8) is 0 Å². The van der Waals surface area contributed by atoms with Gasteiger partial charge in [0.2, 0.25) is 0 Å².